The Morgan fingerprint density at radius 2 is 1.78 bits per heavy atom. The average molecular weight is 621 g/mol. The fourth-order valence-corrected chi connectivity index (χ4v) is 6.27. The van der Waals surface area contributed by atoms with Gasteiger partial charge >= 0.3 is 0 Å². The lowest BCUT2D eigenvalue weighted by molar-refractivity contribution is -0.132. The Kier molecular flexibility index (Phi) is 12.0. The van der Waals surface area contributed by atoms with Crippen molar-refractivity contribution in [2.45, 2.75) is 103 Å². The summed E-state index contributed by atoms with van der Waals surface area (Å²) in [6.45, 7) is 11.0. The number of nitrogens with one attached hydrogen (secondary N) is 3. The van der Waals surface area contributed by atoms with E-state index in [4.69, 9.17) is 4.74 Å². The van der Waals surface area contributed by atoms with Gasteiger partial charge in [-0.1, -0.05) is 56.3 Å². The SMILES string of the molecule is CC(C)C1NC(=O)CCCOc2ccc(cc2)CC(C(O)CN2CCC(Cc3ccccc3)CC2C(=O)NC(C)(C)C)NC1=O. The summed E-state index contributed by atoms with van der Waals surface area (Å²) in [5.74, 6) is 0.324. The Bertz CT molecular complexity index is 1260. The number of rotatable bonds is 7. The molecule has 4 N–H and O–H groups in total. The molecule has 3 heterocycles. The van der Waals surface area contributed by atoms with E-state index in [1.807, 2.05) is 77.1 Å². The molecule has 3 aliphatic heterocycles. The summed E-state index contributed by atoms with van der Waals surface area (Å²) < 4.78 is 5.81. The molecule has 2 aromatic rings. The van der Waals surface area contributed by atoms with E-state index in [-0.39, 0.29) is 36.6 Å². The second kappa shape index (κ2) is 15.7. The zero-order chi connectivity index (χ0) is 32.6. The van der Waals surface area contributed by atoms with Gasteiger partial charge in [0.2, 0.25) is 17.7 Å². The van der Waals surface area contributed by atoms with Crippen LogP contribution in [0.1, 0.15) is 71.4 Å². The summed E-state index contributed by atoms with van der Waals surface area (Å²) in [5.41, 5.74) is 1.81. The third kappa shape index (κ3) is 10.6. The number of aliphatic hydroxyl groups is 1. The number of hydrogen-bond donors (Lipinski definition) is 4. The van der Waals surface area contributed by atoms with Crippen LogP contribution in [0.15, 0.2) is 54.6 Å². The molecule has 246 valence electrons. The molecule has 0 aliphatic carbocycles. The van der Waals surface area contributed by atoms with Crippen LogP contribution in [0.3, 0.4) is 0 Å². The van der Waals surface area contributed by atoms with Crippen molar-refractivity contribution < 1.29 is 24.2 Å². The molecule has 0 aromatic heterocycles. The van der Waals surface area contributed by atoms with E-state index < -0.39 is 29.8 Å². The molecule has 2 aromatic carbocycles. The molecule has 5 atom stereocenters. The van der Waals surface area contributed by atoms with Crippen LogP contribution in [-0.4, -0.2) is 77.2 Å². The molecule has 0 saturated carbocycles. The van der Waals surface area contributed by atoms with Gasteiger partial charge in [0.1, 0.15) is 11.8 Å². The quantitative estimate of drug-likeness (QED) is 0.376. The van der Waals surface area contributed by atoms with Crippen molar-refractivity contribution in [2.75, 3.05) is 19.7 Å². The molecule has 3 amide bonds. The molecule has 0 spiro atoms. The van der Waals surface area contributed by atoms with Gasteiger partial charge in [0.15, 0.2) is 0 Å². The van der Waals surface area contributed by atoms with Gasteiger partial charge in [0, 0.05) is 18.5 Å². The topological polar surface area (TPSA) is 120 Å². The number of fused-ring (bicyclic) bond motifs is 12. The maximum absolute atomic E-state index is 13.6. The van der Waals surface area contributed by atoms with Crippen molar-refractivity contribution in [3.05, 3.63) is 65.7 Å². The van der Waals surface area contributed by atoms with E-state index >= 15 is 0 Å². The Balaban J connectivity index is 1.55. The lowest BCUT2D eigenvalue weighted by atomic mass is 9.85. The molecule has 5 rings (SSSR count). The molecule has 1 saturated heterocycles. The highest BCUT2D eigenvalue weighted by Crippen LogP contribution is 2.28. The number of hydrogen-bond acceptors (Lipinski definition) is 6. The lowest BCUT2D eigenvalue weighted by Gasteiger charge is -2.41. The second-order valence-corrected chi connectivity index (χ2v) is 14.1. The molecule has 3 aliphatic rings. The van der Waals surface area contributed by atoms with Crippen LogP contribution < -0.4 is 20.7 Å². The van der Waals surface area contributed by atoms with Gasteiger partial charge in [-0.3, -0.25) is 19.3 Å². The minimum absolute atomic E-state index is 0.0447. The number of likely N-dealkylation sites (tertiary alicyclic amines) is 1. The van der Waals surface area contributed by atoms with Crippen LogP contribution >= 0.6 is 0 Å². The first-order valence-electron chi connectivity index (χ1n) is 16.5. The zero-order valence-corrected chi connectivity index (χ0v) is 27.6. The second-order valence-electron chi connectivity index (χ2n) is 14.1. The number of amides is 3. The molecular weight excluding hydrogens is 568 g/mol. The first-order valence-corrected chi connectivity index (χ1v) is 16.5. The van der Waals surface area contributed by atoms with Gasteiger partial charge in [-0.2, -0.15) is 0 Å². The van der Waals surface area contributed by atoms with Crippen molar-refractivity contribution >= 4 is 17.7 Å². The lowest BCUT2D eigenvalue weighted by Crippen LogP contribution is -2.60. The zero-order valence-electron chi connectivity index (χ0n) is 27.6. The van der Waals surface area contributed by atoms with Crippen LogP contribution in [0.5, 0.6) is 5.75 Å². The Labute approximate surface area is 268 Å². The van der Waals surface area contributed by atoms with Gasteiger partial charge in [0.25, 0.3) is 0 Å². The van der Waals surface area contributed by atoms with E-state index in [1.54, 1.807) is 0 Å². The standard InChI is InChI=1S/C36H52N4O5/c1-24(2)33-35(44)37-29(21-26-13-15-28(16-14-26)45-19-9-12-32(42)38-33)31(41)23-40-18-17-27(20-25-10-7-6-8-11-25)22-30(40)34(43)39-36(3,4)5/h6-8,10-11,13-16,24,27,29-31,33,41H,9,12,17-23H2,1-5H3,(H,37,44)(H,38,42)(H,39,43). The number of nitrogens with zero attached hydrogens (tertiary/aromatic N) is 1. The van der Waals surface area contributed by atoms with E-state index in [9.17, 15) is 19.5 Å². The highest BCUT2D eigenvalue weighted by Gasteiger charge is 2.37. The summed E-state index contributed by atoms with van der Waals surface area (Å²) >= 11 is 0. The van der Waals surface area contributed by atoms with Crippen molar-refractivity contribution in [3.63, 3.8) is 0 Å². The van der Waals surface area contributed by atoms with Crippen LogP contribution in [0.4, 0.5) is 0 Å². The van der Waals surface area contributed by atoms with Crippen molar-refractivity contribution in [1.82, 2.24) is 20.9 Å². The van der Waals surface area contributed by atoms with Crippen molar-refractivity contribution in [3.8, 4) is 5.75 Å². The smallest absolute Gasteiger partial charge is 0.243 e. The van der Waals surface area contributed by atoms with Crippen LogP contribution in [-0.2, 0) is 27.2 Å². The van der Waals surface area contributed by atoms with Crippen LogP contribution in [0, 0.1) is 11.8 Å². The summed E-state index contributed by atoms with van der Waals surface area (Å²) in [5, 5.41) is 20.9. The van der Waals surface area contributed by atoms with E-state index in [1.165, 1.54) is 5.56 Å². The first-order chi connectivity index (χ1) is 21.4. The molecule has 9 nitrogen and oxygen atoms in total. The van der Waals surface area contributed by atoms with Crippen molar-refractivity contribution in [1.29, 1.82) is 0 Å². The number of piperidine rings is 1. The summed E-state index contributed by atoms with van der Waals surface area (Å²) in [6, 6.07) is 16.2. The third-order valence-electron chi connectivity index (χ3n) is 8.67. The minimum atomic E-state index is -0.959. The summed E-state index contributed by atoms with van der Waals surface area (Å²) in [7, 11) is 0. The number of β-amino-alcohol motifs (C(OH)–C–C–N with tert-alkyl or cyclic N) is 1. The highest BCUT2D eigenvalue weighted by molar-refractivity contribution is 5.88. The van der Waals surface area contributed by atoms with Crippen LogP contribution in [0.2, 0.25) is 0 Å². The summed E-state index contributed by atoms with van der Waals surface area (Å²) in [4.78, 5) is 42.0. The normalized spacial score (nSPS) is 24.5. The monoisotopic (exact) mass is 620 g/mol. The predicted molar refractivity (Wildman–Crippen MR) is 176 cm³/mol. The minimum Gasteiger partial charge on any atom is -0.494 e. The van der Waals surface area contributed by atoms with Gasteiger partial charge in [-0.15, -0.1) is 0 Å². The fourth-order valence-electron chi connectivity index (χ4n) is 6.27. The van der Waals surface area contributed by atoms with E-state index in [0.29, 0.717) is 44.1 Å². The summed E-state index contributed by atoms with van der Waals surface area (Å²) in [6.07, 6.45) is 2.70. The van der Waals surface area contributed by atoms with Gasteiger partial charge in [-0.25, -0.2) is 0 Å². The maximum Gasteiger partial charge on any atom is 0.243 e. The highest BCUT2D eigenvalue weighted by atomic mass is 16.5. The Morgan fingerprint density at radius 1 is 1.07 bits per heavy atom. The molecule has 45 heavy (non-hydrogen) atoms. The Morgan fingerprint density at radius 3 is 2.44 bits per heavy atom. The first kappa shape index (κ1) is 34.4. The fraction of sp³-hybridized carbons (Fsp3) is 0.583. The van der Waals surface area contributed by atoms with E-state index in [0.717, 1.165) is 18.4 Å². The molecular formula is C36H52N4O5. The number of benzene rings is 2. The van der Waals surface area contributed by atoms with Gasteiger partial charge < -0.3 is 25.8 Å². The number of ether oxygens (including phenoxy) is 1. The molecule has 1 fully saturated rings. The third-order valence-corrected chi connectivity index (χ3v) is 8.67. The Hall–Kier alpha value is -3.43. The van der Waals surface area contributed by atoms with Crippen molar-refractivity contribution in [2.24, 2.45) is 11.8 Å². The number of carbonyl (C=O) groups excluding carboxylic acids is 3. The van der Waals surface area contributed by atoms with E-state index in [2.05, 4.69) is 33.0 Å². The number of aliphatic hydroxyl groups excluding tert-OH is 1. The van der Waals surface area contributed by atoms with Gasteiger partial charge in [-0.05, 0) is 94.5 Å². The number of carbonyl (C=O) groups is 3. The molecule has 0 radical (unpaired) electrons. The largest absolute Gasteiger partial charge is 0.494 e. The maximum atomic E-state index is 13.6. The molecule has 5 unspecified atom stereocenters. The average Bonchev–Trinajstić information content (AvgIpc) is 2.99. The predicted octanol–water partition coefficient (Wildman–Crippen LogP) is 3.63. The molecule has 2 bridgehead atoms. The van der Waals surface area contributed by atoms with Gasteiger partial charge in [0.05, 0.1) is 24.8 Å². The van der Waals surface area contributed by atoms with Crippen LogP contribution in [0.25, 0.3) is 0 Å². The molecule has 9 heteroatoms.